The van der Waals surface area contributed by atoms with Crippen LogP contribution in [0.4, 0.5) is 0 Å². The van der Waals surface area contributed by atoms with Crippen LogP contribution in [0, 0.1) is 5.92 Å². The smallest absolute Gasteiger partial charge is 0.213 e. The molecule has 0 bridgehead atoms. The molecule has 108 valence electrons. The van der Waals surface area contributed by atoms with E-state index in [1.807, 2.05) is 18.3 Å². The SMILES string of the molecule is CCNC(C)c1ccc(OCCOCC(C)C)nc1. The molecule has 4 heteroatoms. The number of ether oxygens (including phenoxy) is 2. The van der Waals surface area contributed by atoms with Crippen molar-refractivity contribution in [1.29, 1.82) is 0 Å². The van der Waals surface area contributed by atoms with Gasteiger partial charge in [0.15, 0.2) is 0 Å². The average molecular weight is 266 g/mol. The second-order valence-electron chi connectivity index (χ2n) is 5.03. The van der Waals surface area contributed by atoms with Gasteiger partial charge in [-0.25, -0.2) is 4.98 Å². The van der Waals surface area contributed by atoms with Gasteiger partial charge in [0.05, 0.1) is 6.61 Å². The van der Waals surface area contributed by atoms with Crippen LogP contribution in [0.3, 0.4) is 0 Å². The molecule has 1 heterocycles. The van der Waals surface area contributed by atoms with Crippen molar-refractivity contribution in [3.05, 3.63) is 23.9 Å². The largest absolute Gasteiger partial charge is 0.475 e. The van der Waals surface area contributed by atoms with Crippen molar-refractivity contribution < 1.29 is 9.47 Å². The molecule has 0 saturated heterocycles. The van der Waals surface area contributed by atoms with Crippen LogP contribution in [0.1, 0.15) is 39.3 Å². The third-order valence-corrected chi connectivity index (χ3v) is 2.70. The maximum Gasteiger partial charge on any atom is 0.213 e. The van der Waals surface area contributed by atoms with Crippen molar-refractivity contribution in [1.82, 2.24) is 10.3 Å². The van der Waals surface area contributed by atoms with Gasteiger partial charge in [-0.2, -0.15) is 0 Å². The van der Waals surface area contributed by atoms with Crippen molar-refractivity contribution in [2.45, 2.75) is 33.7 Å². The Kier molecular flexibility index (Phi) is 7.45. The summed E-state index contributed by atoms with van der Waals surface area (Å²) in [6.07, 6.45) is 1.86. The first-order chi connectivity index (χ1) is 9.13. The summed E-state index contributed by atoms with van der Waals surface area (Å²) in [6.45, 7) is 11.4. The van der Waals surface area contributed by atoms with Crippen molar-refractivity contribution in [3.8, 4) is 5.88 Å². The first-order valence-corrected chi connectivity index (χ1v) is 7.03. The van der Waals surface area contributed by atoms with Crippen molar-refractivity contribution in [2.75, 3.05) is 26.4 Å². The molecule has 0 aliphatic rings. The van der Waals surface area contributed by atoms with E-state index in [-0.39, 0.29) is 0 Å². The van der Waals surface area contributed by atoms with Crippen LogP contribution >= 0.6 is 0 Å². The van der Waals surface area contributed by atoms with E-state index in [1.54, 1.807) is 0 Å². The number of nitrogens with one attached hydrogen (secondary N) is 1. The highest BCUT2D eigenvalue weighted by Gasteiger charge is 2.04. The lowest BCUT2D eigenvalue weighted by Crippen LogP contribution is -2.17. The normalized spacial score (nSPS) is 12.7. The molecular weight excluding hydrogens is 240 g/mol. The van der Waals surface area contributed by atoms with Gasteiger partial charge >= 0.3 is 0 Å². The molecule has 0 aliphatic carbocycles. The van der Waals surface area contributed by atoms with Gasteiger partial charge < -0.3 is 14.8 Å². The molecule has 1 aromatic heterocycles. The Morgan fingerprint density at radius 3 is 2.58 bits per heavy atom. The molecule has 0 fully saturated rings. The maximum atomic E-state index is 5.53. The topological polar surface area (TPSA) is 43.4 Å². The predicted molar refractivity (Wildman–Crippen MR) is 77.5 cm³/mol. The molecule has 1 rings (SSSR count). The Hall–Kier alpha value is -1.13. The zero-order valence-corrected chi connectivity index (χ0v) is 12.5. The molecule has 1 N–H and O–H groups in total. The fraction of sp³-hybridized carbons (Fsp3) is 0.667. The molecule has 0 saturated carbocycles. The third kappa shape index (κ3) is 6.55. The van der Waals surface area contributed by atoms with Gasteiger partial charge in [0.2, 0.25) is 5.88 Å². The summed E-state index contributed by atoms with van der Waals surface area (Å²) in [4.78, 5) is 4.30. The number of aromatic nitrogens is 1. The fourth-order valence-electron chi connectivity index (χ4n) is 1.68. The van der Waals surface area contributed by atoms with Gasteiger partial charge in [-0.05, 0) is 24.9 Å². The Morgan fingerprint density at radius 2 is 2.00 bits per heavy atom. The van der Waals surface area contributed by atoms with E-state index in [0.717, 1.165) is 13.2 Å². The number of hydrogen-bond donors (Lipinski definition) is 1. The van der Waals surface area contributed by atoms with E-state index in [4.69, 9.17) is 9.47 Å². The third-order valence-electron chi connectivity index (χ3n) is 2.70. The lowest BCUT2D eigenvalue weighted by atomic mass is 10.1. The van der Waals surface area contributed by atoms with Crippen LogP contribution in [0.2, 0.25) is 0 Å². The first kappa shape index (κ1) is 15.9. The monoisotopic (exact) mass is 266 g/mol. The van der Waals surface area contributed by atoms with Crippen LogP contribution in [0.15, 0.2) is 18.3 Å². The standard InChI is InChI=1S/C15H26N2O2/c1-5-16-13(4)14-6-7-15(17-10-14)19-9-8-18-11-12(2)3/h6-7,10,12-13,16H,5,8-9,11H2,1-4H3. The quantitative estimate of drug-likeness (QED) is 0.698. The zero-order chi connectivity index (χ0) is 14.1. The molecule has 0 amide bonds. The van der Waals surface area contributed by atoms with Crippen molar-refractivity contribution in [3.63, 3.8) is 0 Å². The molecule has 0 radical (unpaired) electrons. The molecule has 19 heavy (non-hydrogen) atoms. The lowest BCUT2D eigenvalue weighted by Gasteiger charge is -2.13. The minimum atomic E-state index is 0.320. The summed E-state index contributed by atoms with van der Waals surface area (Å²) in [5.41, 5.74) is 1.17. The Morgan fingerprint density at radius 1 is 1.21 bits per heavy atom. The van der Waals surface area contributed by atoms with Gasteiger partial charge in [-0.1, -0.05) is 26.8 Å². The maximum absolute atomic E-state index is 5.53. The van der Waals surface area contributed by atoms with Gasteiger partial charge in [0.25, 0.3) is 0 Å². The fourth-order valence-corrected chi connectivity index (χ4v) is 1.68. The molecule has 1 atom stereocenters. The number of hydrogen-bond acceptors (Lipinski definition) is 4. The molecular formula is C15H26N2O2. The van der Waals surface area contributed by atoms with E-state index in [1.165, 1.54) is 5.56 Å². The number of nitrogens with zero attached hydrogens (tertiary/aromatic N) is 1. The van der Waals surface area contributed by atoms with Crippen LogP contribution in [-0.2, 0) is 4.74 Å². The predicted octanol–water partition coefficient (Wildman–Crippen LogP) is 2.80. The summed E-state index contributed by atoms with van der Waals surface area (Å²) in [5.74, 6) is 1.21. The highest BCUT2D eigenvalue weighted by Crippen LogP contribution is 2.14. The zero-order valence-electron chi connectivity index (χ0n) is 12.5. The Bertz CT molecular complexity index is 339. The van der Waals surface area contributed by atoms with Crippen molar-refractivity contribution in [2.24, 2.45) is 5.92 Å². The van der Waals surface area contributed by atoms with Crippen LogP contribution in [-0.4, -0.2) is 31.3 Å². The van der Waals surface area contributed by atoms with Gasteiger partial charge in [-0.3, -0.25) is 0 Å². The summed E-state index contributed by atoms with van der Waals surface area (Å²) in [7, 11) is 0. The van der Waals surface area contributed by atoms with Gasteiger partial charge in [0.1, 0.15) is 6.61 Å². The second-order valence-corrected chi connectivity index (χ2v) is 5.03. The van der Waals surface area contributed by atoms with E-state index in [2.05, 4.69) is 38.0 Å². The minimum absolute atomic E-state index is 0.320. The second kappa shape index (κ2) is 8.88. The molecule has 0 spiro atoms. The first-order valence-electron chi connectivity index (χ1n) is 7.03. The van der Waals surface area contributed by atoms with Crippen LogP contribution in [0.25, 0.3) is 0 Å². The van der Waals surface area contributed by atoms with Crippen molar-refractivity contribution >= 4 is 0 Å². The van der Waals surface area contributed by atoms with E-state index in [9.17, 15) is 0 Å². The highest BCUT2D eigenvalue weighted by atomic mass is 16.5. The summed E-state index contributed by atoms with van der Waals surface area (Å²) in [6, 6.07) is 4.27. The van der Waals surface area contributed by atoms with E-state index >= 15 is 0 Å². The Balaban J connectivity index is 2.28. The number of rotatable bonds is 9. The summed E-state index contributed by atoms with van der Waals surface area (Å²) in [5, 5.41) is 3.35. The summed E-state index contributed by atoms with van der Waals surface area (Å²) < 4.78 is 11.0. The number of pyridine rings is 1. The van der Waals surface area contributed by atoms with Crippen LogP contribution < -0.4 is 10.1 Å². The minimum Gasteiger partial charge on any atom is -0.475 e. The molecule has 1 unspecified atom stereocenters. The average Bonchev–Trinajstić information content (AvgIpc) is 2.39. The van der Waals surface area contributed by atoms with E-state index < -0.39 is 0 Å². The van der Waals surface area contributed by atoms with E-state index in [0.29, 0.717) is 31.1 Å². The Labute approximate surface area is 116 Å². The molecule has 1 aromatic rings. The van der Waals surface area contributed by atoms with Gasteiger partial charge in [0, 0.05) is 24.9 Å². The highest BCUT2D eigenvalue weighted by molar-refractivity contribution is 5.20. The molecule has 4 nitrogen and oxygen atoms in total. The van der Waals surface area contributed by atoms with Crippen LogP contribution in [0.5, 0.6) is 5.88 Å². The van der Waals surface area contributed by atoms with Gasteiger partial charge in [-0.15, -0.1) is 0 Å². The summed E-state index contributed by atoms with van der Waals surface area (Å²) >= 11 is 0. The molecule has 0 aliphatic heterocycles. The lowest BCUT2D eigenvalue weighted by molar-refractivity contribution is 0.0806. The molecule has 0 aromatic carbocycles.